The molecule has 2 unspecified atom stereocenters. The highest BCUT2D eigenvalue weighted by Crippen LogP contribution is 2.36. The number of amides is 4. The summed E-state index contributed by atoms with van der Waals surface area (Å²) in [4.78, 5) is 52.8. The molecule has 4 rings (SSSR count). The van der Waals surface area contributed by atoms with Gasteiger partial charge in [0.15, 0.2) is 0 Å². The number of thiophene rings is 1. The smallest absolute Gasteiger partial charge is 0.261 e. The molecule has 31 heavy (non-hydrogen) atoms. The van der Waals surface area contributed by atoms with Gasteiger partial charge in [0.05, 0.1) is 16.7 Å². The molecule has 1 aromatic carbocycles. The second-order valence-electron chi connectivity index (χ2n) is 8.26. The fraction of sp³-hybridized carbons (Fsp3) is 0.391. The SMILES string of the molecule is Cc1sc(NC(=O)C2CCCCC2CN2C(=O)c3ccccc3C2=O)c(C(N)=O)c1C. The molecule has 3 N–H and O–H groups in total. The van der Waals surface area contributed by atoms with E-state index in [4.69, 9.17) is 5.73 Å². The Morgan fingerprint density at radius 3 is 2.32 bits per heavy atom. The molecule has 2 aliphatic rings. The molecule has 1 aromatic heterocycles. The van der Waals surface area contributed by atoms with Gasteiger partial charge in [0.2, 0.25) is 5.91 Å². The number of carbonyl (C=O) groups is 4. The van der Waals surface area contributed by atoms with Crippen LogP contribution in [0, 0.1) is 25.7 Å². The van der Waals surface area contributed by atoms with Gasteiger partial charge >= 0.3 is 0 Å². The molecular weight excluding hydrogens is 414 g/mol. The van der Waals surface area contributed by atoms with Crippen LogP contribution in [0.4, 0.5) is 5.00 Å². The molecule has 7 nitrogen and oxygen atoms in total. The summed E-state index contributed by atoms with van der Waals surface area (Å²) in [6.45, 7) is 3.91. The Balaban J connectivity index is 1.53. The van der Waals surface area contributed by atoms with Gasteiger partial charge in [0.25, 0.3) is 17.7 Å². The maximum Gasteiger partial charge on any atom is 0.261 e. The molecule has 1 saturated carbocycles. The third kappa shape index (κ3) is 3.76. The minimum absolute atomic E-state index is 0.129. The largest absolute Gasteiger partial charge is 0.365 e. The zero-order valence-corrected chi connectivity index (χ0v) is 18.4. The van der Waals surface area contributed by atoms with Gasteiger partial charge in [-0.25, -0.2) is 0 Å². The Bertz CT molecular complexity index is 1060. The molecule has 2 aromatic rings. The number of aryl methyl sites for hydroxylation is 1. The van der Waals surface area contributed by atoms with Crippen LogP contribution in [-0.4, -0.2) is 35.1 Å². The molecule has 0 saturated heterocycles. The quantitative estimate of drug-likeness (QED) is 0.695. The number of benzene rings is 1. The number of anilines is 1. The van der Waals surface area contributed by atoms with E-state index in [9.17, 15) is 19.2 Å². The Morgan fingerprint density at radius 1 is 1.10 bits per heavy atom. The summed E-state index contributed by atoms with van der Waals surface area (Å²) in [6.07, 6.45) is 3.29. The summed E-state index contributed by atoms with van der Waals surface area (Å²) in [5.41, 5.74) is 7.49. The highest BCUT2D eigenvalue weighted by Gasteiger charge is 2.40. The van der Waals surface area contributed by atoms with Crippen LogP contribution >= 0.6 is 11.3 Å². The molecule has 8 heteroatoms. The monoisotopic (exact) mass is 439 g/mol. The Kier molecular flexibility index (Phi) is 5.66. The van der Waals surface area contributed by atoms with Crippen molar-refractivity contribution in [2.24, 2.45) is 17.6 Å². The summed E-state index contributed by atoms with van der Waals surface area (Å²) >= 11 is 1.34. The minimum atomic E-state index is -0.566. The van der Waals surface area contributed by atoms with Gasteiger partial charge in [-0.15, -0.1) is 11.3 Å². The Hall–Kier alpha value is -3.00. The number of primary amides is 1. The average molecular weight is 440 g/mol. The van der Waals surface area contributed by atoms with Crippen LogP contribution in [0.1, 0.15) is 67.2 Å². The molecule has 1 aliphatic carbocycles. The molecule has 4 amide bonds. The first-order chi connectivity index (χ1) is 14.8. The van der Waals surface area contributed by atoms with Crippen molar-refractivity contribution in [3.8, 4) is 0 Å². The predicted molar refractivity (Wildman–Crippen MR) is 118 cm³/mol. The number of imide groups is 1. The van der Waals surface area contributed by atoms with Gasteiger partial charge < -0.3 is 11.1 Å². The lowest BCUT2D eigenvalue weighted by Crippen LogP contribution is -2.41. The maximum atomic E-state index is 13.2. The van der Waals surface area contributed by atoms with E-state index in [1.807, 2.05) is 13.8 Å². The van der Waals surface area contributed by atoms with Gasteiger partial charge in [-0.2, -0.15) is 0 Å². The van der Waals surface area contributed by atoms with Crippen LogP contribution in [0.2, 0.25) is 0 Å². The highest BCUT2D eigenvalue weighted by atomic mass is 32.1. The molecule has 2 heterocycles. The zero-order chi connectivity index (χ0) is 22.3. The number of rotatable bonds is 5. The lowest BCUT2D eigenvalue weighted by molar-refractivity contribution is -0.122. The molecule has 2 atom stereocenters. The lowest BCUT2D eigenvalue weighted by Gasteiger charge is -2.32. The fourth-order valence-corrected chi connectivity index (χ4v) is 5.70. The van der Waals surface area contributed by atoms with E-state index in [1.165, 1.54) is 16.2 Å². The number of carbonyl (C=O) groups excluding carboxylic acids is 4. The van der Waals surface area contributed by atoms with Crippen LogP contribution in [0.5, 0.6) is 0 Å². The summed E-state index contributed by atoms with van der Waals surface area (Å²) in [5, 5.41) is 3.38. The molecule has 0 bridgehead atoms. The van der Waals surface area contributed by atoms with E-state index in [-0.39, 0.29) is 36.1 Å². The van der Waals surface area contributed by atoms with Crippen molar-refractivity contribution < 1.29 is 19.2 Å². The van der Waals surface area contributed by atoms with E-state index >= 15 is 0 Å². The summed E-state index contributed by atoms with van der Waals surface area (Å²) < 4.78 is 0. The first-order valence-corrected chi connectivity index (χ1v) is 11.3. The second kappa shape index (κ2) is 8.26. The van der Waals surface area contributed by atoms with Crippen molar-refractivity contribution in [2.75, 3.05) is 11.9 Å². The average Bonchev–Trinajstić information content (AvgIpc) is 3.16. The van der Waals surface area contributed by atoms with Gasteiger partial charge in [-0.3, -0.25) is 24.1 Å². The number of fused-ring (bicyclic) bond motifs is 1. The number of hydrogen-bond donors (Lipinski definition) is 2. The van der Waals surface area contributed by atoms with Crippen molar-refractivity contribution >= 4 is 40.0 Å². The third-order valence-electron chi connectivity index (χ3n) is 6.41. The first kappa shape index (κ1) is 21.2. The van der Waals surface area contributed by atoms with Crippen LogP contribution in [0.3, 0.4) is 0 Å². The van der Waals surface area contributed by atoms with Crippen LogP contribution in [0.25, 0.3) is 0 Å². The van der Waals surface area contributed by atoms with Gasteiger partial charge in [0, 0.05) is 17.3 Å². The number of nitrogens with zero attached hydrogens (tertiary/aromatic N) is 1. The van der Waals surface area contributed by atoms with Crippen LogP contribution in [0.15, 0.2) is 24.3 Å². The molecule has 162 valence electrons. The lowest BCUT2D eigenvalue weighted by atomic mass is 9.78. The summed E-state index contributed by atoms with van der Waals surface area (Å²) in [7, 11) is 0. The van der Waals surface area contributed by atoms with Crippen LogP contribution < -0.4 is 11.1 Å². The third-order valence-corrected chi connectivity index (χ3v) is 7.53. The van der Waals surface area contributed by atoms with Crippen molar-refractivity contribution in [2.45, 2.75) is 39.5 Å². The minimum Gasteiger partial charge on any atom is -0.365 e. The maximum absolute atomic E-state index is 13.2. The molecule has 1 aliphatic heterocycles. The van der Waals surface area contributed by atoms with E-state index in [0.717, 1.165) is 29.7 Å². The highest BCUT2D eigenvalue weighted by molar-refractivity contribution is 7.16. The van der Waals surface area contributed by atoms with Gasteiger partial charge in [0.1, 0.15) is 5.00 Å². The number of nitrogens with one attached hydrogen (secondary N) is 1. The summed E-state index contributed by atoms with van der Waals surface area (Å²) in [5.74, 6) is -1.83. The fourth-order valence-electron chi connectivity index (χ4n) is 4.63. The Labute approximate surface area is 184 Å². The van der Waals surface area contributed by atoms with E-state index < -0.39 is 5.91 Å². The molecule has 0 radical (unpaired) electrons. The van der Waals surface area contributed by atoms with Crippen molar-refractivity contribution in [3.05, 3.63) is 51.4 Å². The van der Waals surface area contributed by atoms with Gasteiger partial charge in [-0.05, 0) is 50.3 Å². The number of hydrogen-bond acceptors (Lipinski definition) is 5. The molecule has 1 fully saturated rings. The van der Waals surface area contributed by atoms with Crippen molar-refractivity contribution in [3.63, 3.8) is 0 Å². The second-order valence-corrected chi connectivity index (χ2v) is 9.48. The first-order valence-electron chi connectivity index (χ1n) is 10.5. The zero-order valence-electron chi connectivity index (χ0n) is 17.6. The van der Waals surface area contributed by atoms with Crippen molar-refractivity contribution in [1.82, 2.24) is 4.90 Å². The van der Waals surface area contributed by atoms with Crippen LogP contribution in [-0.2, 0) is 4.79 Å². The molecule has 0 spiro atoms. The van der Waals surface area contributed by atoms with Crippen molar-refractivity contribution in [1.29, 1.82) is 0 Å². The van der Waals surface area contributed by atoms with Gasteiger partial charge in [-0.1, -0.05) is 25.0 Å². The molecular formula is C23H25N3O4S. The number of nitrogens with two attached hydrogens (primary N) is 1. The van der Waals surface area contributed by atoms with E-state index in [1.54, 1.807) is 24.3 Å². The summed E-state index contributed by atoms with van der Waals surface area (Å²) in [6, 6.07) is 6.80. The van der Waals surface area contributed by atoms with E-state index in [2.05, 4.69) is 5.32 Å². The van der Waals surface area contributed by atoms with E-state index in [0.29, 0.717) is 28.1 Å². The topological polar surface area (TPSA) is 110 Å². The Morgan fingerprint density at radius 2 is 1.71 bits per heavy atom. The standard InChI is InChI=1S/C23H25N3O4S/c1-12-13(2)31-21(18(12)19(24)27)25-20(28)15-8-4-3-7-14(15)11-26-22(29)16-9-5-6-10-17(16)23(26)30/h5-6,9-10,14-15H,3-4,7-8,11H2,1-2H3,(H2,24,27)(H,25,28). The normalized spacial score (nSPS) is 20.6. The predicted octanol–water partition coefficient (Wildman–Crippen LogP) is 3.50.